The van der Waals surface area contributed by atoms with Crippen LogP contribution >= 0.6 is 0 Å². The van der Waals surface area contributed by atoms with Gasteiger partial charge in [0.1, 0.15) is 17.3 Å². The second-order valence-electron chi connectivity index (χ2n) is 6.20. The molecule has 0 saturated heterocycles. The molecule has 0 unspecified atom stereocenters. The summed E-state index contributed by atoms with van der Waals surface area (Å²) in [7, 11) is 0. The van der Waals surface area contributed by atoms with Crippen LogP contribution in [-0.2, 0) is 12.8 Å². The van der Waals surface area contributed by atoms with Crippen LogP contribution in [0.4, 0.5) is 5.82 Å². The van der Waals surface area contributed by atoms with E-state index in [0.717, 1.165) is 35.3 Å². The van der Waals surface area contributed by atoms with Crippen LogP contribution in [0.1, 0.15) is 11.1 Å². The molecule has 0 spiro atoms. The number of hydrogen-bond donors (Lipinski definition) is 3. The predicted molar refractivity (Wildman–Crippen MR) is 98.6 cm³/mol. The fraction of sp³-hybridized carbons (Fsp3) is 0.200. The number of phenols is 1. The lowest BCUT2D eigenvalue weighted by atomic mass is 10.1. The Bertz CT molecular complexity index is 926. The first-order valence-corrected chi connectivity index (χ1v) is 8.53. The molecule has 4 rings (SSSR count). The molecule has 2 aromatic carbocycles. The molecule has 0 fully saturated rings. The van der Waals surface area contributed by atoms with Gasteiger partial charge in [0.15, 0.2) is 0 Å². The van der Waals surface area contributed by atoms with Crippen LogP contribution in [0.15, 0.2) is 48.5 Å². The fourth-order valence-corrected chi connectivity index (χ4v) is 3.02. The number of fused-ring (bicyclic) bond motifs is 1. The maximum absolute atomic E-state index is 9.88. The molecule has 3 N–H and O–H groups in total. The van der Waals surface area contributed by atoms with E-state index < -0.39 is 0 Å². The minimum absolute atomic E-state index is 0.256. The van der Waals surface area contributed by atoms with Gasteiger partial charge in [-0.25, -0.2) is 0 Å². The number of benzene rings is 2. The van der Waals surface area contributed by atoms with Crippen molar-refractivity contribution in [1.29, 1.82) is 0 Å². The van der Waals surface area contributed by atoms with E-state index in [9.17, 15) is 10.2 Å². The summed E-state index contributed by atoms with van der Waals surface area (Å²) in [5, 5.41) is 22.4. The standard InChI is InChI=1S/C20H19N3O3/c24-16-4-1-13(2-5-16)7-9-21-19-12-17(22-20(25)23-19)14-3-6-18-15(11-14)8-10-26-18/h1-6,11-12,24H,7-10H2,(H2,21,22,23,25). The zero-order valence-corrected chi connectivity index (χ0v) is 14.1. The van der Waals surface area contributed by atoms with Gasteiger partial charge in [0.05, 0.1) is 12.3 Å². The van der Waals surface area contributed by atoms with Crippen molar-refractivity contribution in [1.82, 2.24) is 9.97 Å². The molecule has 0 amide bonds. The molecule has 0 aliphatic carbocycles. The maximum atomic E-state index is 9.88. The smallest absolute Gasteiger partial charge is 0.316 e. The van der Waals surface area contributed by atoms with Crippen LogP contribution in [0, 0.1) is 0 Å². The second kappa shape index (κ2) is 6.92. The fourth-order valence-electron chi connectivity index (χ4n) is 3.02. The van der Waals surface area contributed by atoms with E-state index in [4.69, 9.17) is 4.74 Å². The van der Waals surface area contributed by atoms with E-state index in [2.05, 4.69) is 15.3 Å². The molecule has 3 aromatic rings. The number of phenolic OH excluding ortho intramolecular Hbond substituents is 1. The molecule has 0 atom stereocenters. The summed E-state index contributed by atoms with van der Waals surface area (Å²) in [6.45, 7) is 1.36. The van der Waals surface area contributed by atoms with Crippen LogP contribution in [0.3, 0.4) is 0 Å². The van der Waals surface area contributed by atoms with Crippen molar-refractivity contribution in [2.24, 2.45) is 0 Å². The van der Waals surface area contributed by atoms with Crippen LogP contribution in [0.25, 0.3) is 11.3 Å². The number of nitrogens with zero attached hydrogens (tertiary/aromatic N) is 2. The van der Waals surface area contributed by atoms with E-state index in [0.29, 0.717) is 24.7 Å². The van der Waals surface area contributed by atoms with Gasteiger partial charge in [-0.3, -0.25) is 0 Å². The molecule has 1 aromatic heterocycles. The molecule has 1 aliphatic rings. The Morgan fingerprint density at radius 2 is 1.85 bits per heavy atom. The van der Waals surface area contributed by atoms with Crippen LogP contribution in [0.5, 0.6) is 17.5 Å². The zero-order valence-electron chi connectivity index (χ0n) is 14.1. The third-order valence-corrected chi connectivity index (χ3v) is 4.36. The number of hydrogen-bond acceptors (Lipinski definition) is 6. The van der Waals surface area contributed by atoms with Crippen molar-refractivity contribution in [3.05, 3.63) is 59.7 Å². The lowest BCUT2D eigenvalue weighted by Crippen LogP contribution is -2.07. The molecule has 6 heteroatoms. The number of rotatable bonds is 5. The number of nitrogens with one attached hydrogen (secondary N) is 1. The Hall–Kier alpha value is -3.28. The van der Waals surface area contributed by atoms with Crippen LogP contribution < -0.4 is 10.1 Å². The number of aromatic nitrogens is 2. The van der Waals surface area contributed by atoms with Crippen LogP contribution in [0.2, 0.25) is 0 Å². The lowest BCUT2D eigenvalue weighted by molar-refractivity contribution is 0.357. The predicted octanol–water partition coefficient (Wildman–Crippen LogP) is 3.14. The van der Waals surface area contributed by atoms with Crippen molar-refractivity contribution in [3.63, 3.8) is 0 Å². The molecule has 1 aliphatic heterocycles. The number of anilines is 1. The van der Waals surface area contributed by atoms with Gasteiger partial charge in [-0.05, 0) is 47.9 Å². The average molecular weight is 349 g/mol. The summed E-state index contributed by atoms with van der Waals surface area (Å²) in [5.41, 5.74) is 3.85. The topological polar surface area (TPSA) is 87.5 Å². The van der Waals surface area contributed by atoms with Gasteiger partial charge in [-0.2, -0.15) is 9.97 Å². The SMILES string of the molecule is Oc1ccc(CCNc2cc(-c3ccc4c(c3)CCO4)nc(O)n2)cc1. The Morgan fingerprint density at radius 1 is 1.00 bits per heavy atom. The molecule has 26 heavy (non-hydrogen) atoms. The number of aromatic hydroxyl groups is 2. The minimum Gasteiger partial charge on any atom is -0.508 e. The summed E-state index contributed by atoms with van der Waals surface area (Å²) in [4.78, 5) is 8.19. The molecule has 0 saturated carbocycles. The van der Waals surface area contributed by atoms with Gasteiger partial charge in [0, 0.05) is 24.6 Å². The van der Waals surface area contributed by atoms with E-state index in [1.54, 1.807) is 12.1 Å². The third-order valence-electron chi connectivity index (χ3n) is 4.36. The highest BCUT2D eigenvalue weighted by Gasteiger charge is 2.14. The zero-order chi connectivity index (χ0) is 17.9. The summed E-state index contributed by atoms with van der Waals surface area (Å²) in [5.74, 6) is 1.74. The van der Waals surface area contributed by atoms with Gasteiger partial charge < -0.3 is 20.3 Å². The normalized spacial score (nSPS) is 12.5. The summed E-state index contributed by atoms with van der Waals surface area (Å²) < 4.78 is 5.53. The van der Waals surface area contributed by atoms with Crippen molar-refractivity contribution < 1.29 is 14.9 Å². The molecule has 132 valence electrons. The first-order valence-electron chi connectivity index (χ1n) is 8.53. The van der Waals surface area contributed by atoms with Crippen molar-refractivity contribution in [2.45, 2.75) is 12.8 Å². The summed E-state index contributed by atoms with van der Waals surface area (Å²) in [6.07, 6.45) is 1.66. The summed E-state index contributed by atoms with van der Waals surface area (Å²) in [6, 6.07) is 14.6. The van der Waals surface area contributed by atoms with Gasteiger partial charge in [-0.1, -0.05) is 12.1 Å². The maximum Gasteiger partial charge on any atom is 0.316 e. The molecule has 2 heterocycles. The highest BCUT2D eigenvalue weighted by molar-refractivity contribution is 5.65. The molecular formula is C20H19N3O3. The molecular weight excluding hydrogens is 330 g/mol. The summed E-state index contributed by atoms with van der Waals surface area (Å²) >= 11 is 0. The van der Waals surface area contributed by atoms with Gasteiger partial charge in [0.25, 0.3) is 0 Å². The van der Waals surface area contributed by atoms with Gasteiger partial charge in [0.2, 0.25) is 0 Å². The van der Waals surface area contributed by atoms with E-state index in [1.165, 1.54) is 0 Å². The van der Waals surface area contributed by atoms with E-state index >= 15 is 0 Å². The highest BCUT2D eigenvalue weighted by Crippen LogP contribution is 2.30. The van der Waals surface area contributed by atoms with Crippen molar-refractivity contribution in [2.75, 3.05) is 18.5 Å². The van der Waals surface area contributed by atoms with E-state index in [-0.39, 0.29) is 11.8 Å². The minimum atomic E-state index is -0.258. The van der Waals surface area contributed by atoms with Crippen molar-refractivity contribution >= 4 is 5.82 Å². The Labute approximate surface area is 151 Å². The Balaban J connectivity index is 1.48. The van der Waals surface area contributed by atoms with Gasteiger partial charge >= 0.3 is 6.01 Å². The third kappa shape index (κ3) is 3.54. The Kier molecular flexibility index (Phi) is 4.31. The first kappa shape index (κ1) is 16.2. The largest absolute Gasteiger partial charge is 0.508 e. The monoisotopic (exact) mass is 349 g/mol. The highest BCUT2D eigenvalue weighted by atomic mass is 16.5. The molecule has 6 nitrogen and oxygen atoms in total. The van der Waals surface area contributed by atoms with E-state index in [1.807, 2.05) is 36.4 Å². The number of ether oxygens (including phenoxy) is 1. The first-order chi connectivity index (χ1) is 12.7. The molecule has 0 radical (unpaired) electrons. The Morgan fingerprint density at radius 3 is 2.69 bits per heavy atom. The second-order valence-corrected chi connectivity index (χ2v) is 6.20. The lowest BCUT2D eigenvalue weighted by Gasteiger charge is -2.09. The van der Waals surface area contributed by atoms with Gasteiger partial charge in [-0.15, -0.1) is 0 Å². The van der Waals surface area contributed by atoms with Crippen LogP contribution in [-0.4, -0.2) is 33.3 Å². The quantitative estimate of drug-likeness (QED) is 0.656. The molecule has 0 bridgehead atoms. The average Bonchev–Trinajstić information content (AvgIpc) is 3.11. The van der Waals surface area contributed by atoms with Crippen molar-refractivity contribution in [3.8, 4) is 28.8 Å².